The van der Waals surface area contributed by atoms with Crippen LogP contribution in [0.3, 0.4) is 0 Å². The second-order valence-electron chi connectivity index (χ2n) is 7.61. The molecule has 0 heterocycles. The van der Waals surface area contributed by atoms with Crippen LogP contribution in [0, 0.1) is 0 Å². The highest BCUT2D eigenvalue weighted by Crippen LogP contribution is 2.58. The lowest BCUT2D eigenvalue weighted by Crippen LogP contribution is -3.00. The molecule has 4 rings (SSSR count). The Morgan fingerprint density at radius 3 is 1.61 bits per heavy atom. The molecule has 0 aliphatic rings. The monoisotopic (exact) mass is 584 g/mol. The standard InChI is InChI=1S/C28H27BrO2P.BrH/c1-30-17-18-31-25-20-23(19-24(29)21-25)22-32(26-11-5-2-6-12-26,27-13-7-3-8-14-27)28-15-9-4-10-16-28;/h2-16,19-21H,17-18,22H2,1H3;1H/q+1;/p-1. The summed E-state index contributed by atoms with van der Waals surface area (Å²) < 4.78 is 12.1. The third-order valence-corrected chi connectivity index (χ3v) is 10.3. The minimum Gasteiger partial charge on any atom is -1.00 e. The van der Waals surface area contributed by atoms with Crippen molar-refractivity contribution in [1.82, 2.24) is 0 Å². The minimum absolute atomic E-state index is 0. The molecule has 0 unspecified atom stereocenters. The third-order valence-electron chi connectivity index (χ3n) is 5.50. The van der Waals surface area contributed by atoms with Crippen molar-refractivity contribution in [3.63, 3.8) is 0 Å². The van der Waals surface area contributed by atoms with Crippen molar-refractivity contribution in [2.75, 3.05) is 20.3 Å². The van der Waals surface area contributed by atoms with Gasteiger partial charge in [0.05, 0.1) is 12.8 Å². The molecule has 0 fully saturated rings. The number of benzene rings is 4. The first-order valence-electron chi connectivity index (χ1n) is 10.7. The smallest absolute Gasteiger partial charge is 0.120 e. The van der Waals surface area contributed by atoms with Crippen molar-refractivity contribution in [3.05, 3.63) is 119 Å². The van der Waals surface area contributed by atoms with Crippen molar-refractivity contribution in [3.8, 4) is 5.75 Å². The van der Waals surface area contributed by atoms with Gasteiger partial charge in [0.1, 0.15) is 35.5 Å². The fourth-order valence-corrected chi connectivity index (χ4v) is 8.82. The largest absolute Gasteiger partial charge is 1.00 e. The van der Waals surface area contributed by atoms with Gasteiger partial charge in [0, 0.05) is 11.6 Å². The zero-order valence-electron chi connectivity index (χ0n) is 18.5. The summed E-state index contributed by atoms with van der Waals surface area (Å²) in [4.78, 5) is 0. The molecule has 0 atom stereocenters. The molecule has 0 spiro atoms. The zero-order valence-corrected chi connectivity index (χ0v) is 22.6. The average Bonchev–Trinajstić information content (AvgIpc) is 2.84. The first kappa shape index (κ1) is 25.6. The van der Waals surface area contributed by atoms with Gasteiger partial charge in [-0.05, 0) is 60.2 Å². The Morgan fingerprint density at radius 1 is 0.667 bits per heavy atom. The van der Waals surface area contributed by atoms with E-state index >= 15 is 0 Å². The summed E-state index contributed by atoms with van der Waals surface area (Å²) in [6, 6.07) is 39.3. The highest BCUT2D eigenvalue weighted by Gasteiger charge is 2.45. The number of rotatable bonds is 9. The normalized spacial score (nSPS) is 11.0. The molecule has 0 aromatic heterocycles. The molecule has 0 bridgehead atoms. The Balaban J connectivity index is 0.00000306. The lowest BCUT2D eigenvalue weighted by Gasteiger charge is -2.28. The summed E-state index contributed by atoms with van der Waals surface area (Å²) >= 11 is 3.70. The molecule has 0 saturated heterocycles. The van der Waals surface area contributed by atoms with E-state index in [4.69, 9.17) is 9.47 Å². The van der Waals surface area contributed by atoms with Gasteiger partial charge in [0.2, 0.25) is 0 Å². The number of hydrogen-bond donors (Lipinski definition) is 0. The van der Waals surface area contributed by atoms with Crippen LogP contribution in [-0.4, -0.2) is 20.3 Å². The van der Waals surface area contributed by atoms with Crippen LogP contribution in [0.15, 0.2) is 114 Å². The van der Waals surface area contributed by atoms with E-state index in [-0.39, 0.29) is 17.0 Å². The Bertz CT molecular complexity index is 1030. The summed E-state index contributed by atoms with van der Waals surface area (Å²) in [5.74, 6) is 0.860. The molecule has 4 aromatic rings. The predicted octanol–water partition coefficient (Wildman–Crippen LogP) is 2.97. The van der Waals surface area contributed by atoms with E-state index in [1.165, 1.54) is 21.5 Å². The summed E-state index contributed by atoms with van der Waals surface area (Å²) in [6.45, 7) is 1.10. The molecular formula is C28H27Br2O2P. The predicted molar refractivity (Wildman–Crippen MR) is 140 cm³/mol. The zero-order chi connectivity index (χ0) is 22.2. The fourth-order valence-electron chi connectivity index (χ4n) is 4.08. The summed E-state index contributed by atoms with van der Waals surface area (Å²) in [6.07, 6.45) is 0.908. The molecule has 5 heteroatoms. The molecule has 0 aliphatic carbocycles. The van der Waals surface area contributed by atoms with E-state index in [0.717, 1.165) is 16.4 Å². The summed E-state index contributed by atoms with van der Waals surface area (Å²) in [5.41, 5.74) is 1.25. The SMILES string of the molecule is COCCOc1cc(Br)cc(C[P+](c2ccccc2)(c2ccccc2)c2ccccc2)c1.[Br-]. The molecule has 4 aromatic carbocycles. The first-order valence-corrected chi connectivity index (χ1v) is 13.5. The first-order chi connectivity index (χ1) is 15.7. The van der Waals surface area contributed by atoms with Crippen LogP contribution in [0.5, 0.6) is 5.75 Å². The van der Waals surface area contributed by atoms with Crippen LogP contribution in [0.25, 0.3) is 0 Å². The van der Waals surface area contributed by atoms with E-state index in [0.29, 0.717) is 13.2 Å². The lowest BCUT2D eigenvalue weighted by atomic mass is 10.2. The van der Waals surface area contributed by atoms with Gasteiger partial charge in [-0.15, -0.1) is 0 Å². The molecule has 2 nitrogen and oxygen atoms in total. The molecule has 33 heavy (non-hydrogen) atoms. The molecular weight excluding hydrogens is 559 g/mol. The van der Waals surface area contributed by atoms with Crippen LogP contribution in [0.4, 0.5) is 0 Å². The minimum atomic E-state index is -1.95. The van der Waals surface area contributed by atoms with Gasteiger partial charge in [0.15, 0.2) is 0 Å². The van der Waals surface area contributed by atoms with Gasteiger partial charge < -0.3 is 26.5 Å². The molecule has 0 N–H and O–H groups in total. The Hall–Kier alpha value is -1.97. The maximum absolute atomic E-state index is 5.96. The summed E-state index contributed by atoms with van der Waals surface area (Å²) in [7, 11) is -0.259. The number of hydrogen-bond acceptors (Lipinski definition) is 2. The fraction of sp³-hybridized carbons (Fsp3) is 0.143. The second-order valence-corrected chi connectivity index (χ2v) is 12.0. The number of methoxy groups -OCH3 is 1. The van der Waals surface area contributed by atoms with E-state index in [9.17, 15) is 0 Å². The lowest BCUT2D eigenvalue weighted by molar-refractivity contribution is -0.00000680. The van der Waals surface area contributed by atoms with Crippen molar-refractivity contribution in [2.24, 2.45) is 0 Å². The molecule has 0 aliphatic heterocycles. The molecule has 0 radical (unpaired) electrons. The van der Waals surface area contributed by atoms with Crippen molar-refractivity contribution >= 4 is 39.1 Å². The van der Waals surface area contributed by atoms with E-state index in [1.54, 1.807) is 7.11 Å². The molecule has 0 saturated carbocycles. The van der Waals surface area contributed by atoms with Crippen LogP contribution in [0.1, 0.15) is 5.56 Å². The van der Waals surface area contributed by atoms with E-state index in [2.05, 4.69) is 119 Å². The van der Waals surface area contributed by atoms with Gasteiger partial charge in [-0.3, -0.25) is 0 Å². The van der Waals surface area contributed by atoms with Crippen molar-refractivity contribution < 1.29 is 26.5 Å². The Labute approximate surface area is 216 Å². The van der Waals surface area contributed by atoms with Crippen molar-refractivity contribution in [1.29, 1.82) is 0 Å². The van der Waals surface area contributed by atoms with Gasteiger partial charge in [0.25, 0.3) is 0 Å². The van der Waals surface area contributed by atoms with Crippen molar-refractivity contribution in [2.45, 2.75) is 6.16 Å². The Morgan fingerprint density at radius 2 is 1.15 bits per heavy atom. The maximum Gasteiger partial charge on any atom is 0.120 e. The Kier molecular flexibility index (Phi) is 9.70. The van der Waals surface area contributed by atoms with Crippen LogP contribution in [0.2, 0.25) is 0 Å². The van der Waals surface area contributed by atoms with Crippen LogP contribution in [-0.2, 0) is 10.9 Å². The van der Waals surface area contributed by atoms with Gasteiger partial charge >= 0.3 is 0 Å². The topological polar surface area (TPSA) is 18.5 Å². The van der Waals surface area contributed by atoms with Crippen LogP contribution >= 0.6 is 23.2 Å². The van der Waals surface area contributed by atoms with Crippen LogP contribution < -0.4 is 37.6 Å². The van der Waals surface area contributed by atoms with Gasteiger partial charge in [-0.1, -0.05) is 70.5 Å². The highest BCUT2D eigenvalue weighted by atomic mass is 79.9. The van der Waals surface area contributed by atoms with E-state index in [1.807, 2.05) is 6.07 Å². The summed E-state index contributed by atoms with van der Waals surface area (Å²) in [5, 5.41) is 4.12. The quantitative estimate of drug-likeness (QED) is 0.222. The highest BCUT2D eigenvalue weighted by molar-refractivity contribution is 9.10. The number of ether oxygens (including phenoxy) is 2. The van der Waals surface area contributed by atoms with Gasteiger partial charge in [-0.2, -0.15) is 0 Å². The molecule has 170 valence electrons. The van der Waals surface area contributed by atoms with Gasteiger partial charge in [-0.25, -0.2) is 0 Å². The van der Waals surface area contributed by atoms with E-state index < -0.39 is 7.26 Å². The maximum atomic E-state index is 5.96. The average molecular weight is 586 g/mol. The second kappa shape index (κ2) is 12.5. The third kappa shape index (κ3) is 6.13. The molecule has 0 amide bonds. The number of halogens is 2.